The van der Waals surface area contributed by atoms with E-state index < -0.39 is 7.82 Å². The molecule has 0 saturated heterocycles. The number of aliphatic hydroxyl groups excluding tert-OH is 1. The lowest BCUT2D eigenvalue weighted by molar-refractivity contribution is 0.107. The van der Waals surface area contributed by atoms with Crippen molar-refractivity contribution in [1.82, 2.24) is 0 Å². The maximum Gasteiger partial charge on any atom is 0.469 e. The molecule has 0 aliphatic heterocycles. The first kappa shape index (κ1) is 30.0. The lowest BCUT2D eigenvalue weighted by Crippen LogP contribution is -2.21. The van der Waals surface area contributed by atoms with Gasteiger partial charge in [-0.2, -0.15) is 0 Å². The predicted molar refractivity (Wildman–Crippen MR) is 123 cm³/mol. The van der Waals surface area contributed by atoms with E-state index in [-0.39, 0.29) is 12.0 Å². The summed E-state index contributed by atoms with van der Waals surface area (Å²) in [6.07, 6.45) is 13.6. The highest BCUT2D eigenvalue weighted by Crippen LogP contribution is 2.41. The molecule has 0 heterocycles. The van der Waals surface area contributed by atoms with E-state index in [1.807, 2.05) is 0 Å². The van der Waals surface area contributed by atoms with E-state index in [1.54, 1.807) is 0 Å². The van der Waals surface area contributed by atoms with E-state index >= 15 is 0 Å². The van der Waals surface area contributed by atoms with Gasteiger partial charge in [-0.25, -0.2) is 4.57 Å². The number of aliphatic hydroxyl groups is 1. The summed E-state index contributed by atoms with van der Waals surface area (Å²) in [5, 5.41) is 9.13. The van der Waals surface area contributed by atoms with Gasteiger partial charge in [-0.1, -0.05) is 66.2 Å². The standard InChI is InChI=1S/C23H49O6P/c1-5-22(6-2,16-13-18-24)14-9-11-19-28-20-12-10-15-23(7-3,8-4)17-21-29-30(25,26)27/h24H,5-21H2,1-4H3,(H2,25,26,27). The molecule has 0 saturated carbocycles. The number of rotatable bonds is 21. The van der Waals surface area contributed by atoms with Crippen molar-refractivity contribution in [2.75, 3.05) is 26.4 Å². The summed E-state index contributed by atoms with van der Waals surface area (Å²) in [6.45, 7) is 10.8. The molecule has 0 aliphatic carbocycles. The zero-order chi connectivity index (χ0) is 22.9. The SMILES string of the molecule is CCC(CC)(CCCO)CCCCOCCCCC(CC)(CC)CCOP(=O)(O)O. The molecule has 0 amide bonds. The van der Waals surface area contributed by atoms with Crippen LogP contribution < -0.4 is 0 Å². The van der Waals surface area contributed by atoms with E-state index in [2.05, 4.69) is 32.2 Å². The molecule has 0 aliphatic rings. The second kappa shape index (κ2) is 16.6. The van der Waals surface area contributed by atoms with Crippen LogP contribution >= 0.6 is 7.82 Å². The maximum atomic E-state index is 10.9. The molecule has 6 nitrogen and oxygen atoms in total. The van der Waals surface area contributed by atoms with Crippen LogP contribution in [-0.2, 0) is 13.8 Å². The molecule has 3 N–H and O–H groups in total. The number of unbranched alkanes of at least 4 members (excludes halogenated alkanes) is 2. The van der Waals surface area contributed by atoms with Crippen molar-refractivity contribution in [2.24, 2.45) is 10.8 Å². The Kier molecular flexibility index (Phi) is 16.7. The van der Waals surface area contributed by atoms with Gasteiger partial charge in [0, 0.05) is 19.8 Å². The van der Waals surface area contributed by atoms with Crippen LogP contribution in [0, 0.1) is 10.8 Å². The Labute approximate surface area is 185 Å². The molecule has 0 atom stereocenters. The quantitative estimate of drug-likeness (QED) is 0.141. The van der Waals surface area contributed by atoms with Crippen molar-refractivity contribution in [1.29, 1.82) is 0 Å². The van der Waals surface area contributed by atoms with Crippen molar-refractivity contribution < 1.29 is 28.7 Å². The lowest BCUT2D eigenvalue weighted by atomic mass is 9.74. The summed E-state index contributed by atoms with van der Waals surface area (Å²) in [6, 6.07) is 0. The van der Waals surface area contributed by atoms with Crippen molar-refractivity contribution >= 4 is 7.82 Å². The number of ether oxygens (including phenoxy) is 1. The van der Waals surface area contributed by atoms with Gasteiger partial charge in [-0.05, 0) is 55.8 Å². The molecule has 182 valence electrons. The highest BCUT2D eigenvalue weighted by Gasteiger charge is 2.27. The molecule has 0 unspecified atom stereocenters. The molecule has 0 aromatic rings. The average Bonchev–Trinajstić information content (AvgIpc) is 2.73. The van der Waals surface area contributed by atoms with Crippen LogP contribution in [0.5, 0.6) is 0 Å². The van der Waals surface area contributed by atoms with E-state index in [0.717, 1.165) is 64.6 Å². The van der Waals surface area contributed by atoms with Gasteiger partial charge in [-0.15, -0.1) is 0 Å². The Morgan fingerprint density at radius 2 is 1.10 bits per heavy atom. The molecule has 0 rings (SSSR count). The summed E-state index contributed by atoms with van der Waals surface area (Å²) in [5.74, 6) is 0. The maximum absolute atomic E-state index is 10.9. The first-order valence-electron chi connectivity index (χ1n) is 12.1. The van der Waals surface area contributed by atoms with Gasteiger partial charge in [-0.3, -0.25) is 4.52 Å². The summed E-state index contributed by atoms with van der Waals surface area (Å²) >= 11 is 0. The summed E-state index contributed by atoms with van der Waals surface area (Å²) < 4.78 is 21.4. The molecule has 0 spiro atoms. The minimum atomic E-state index is -4.37. The minimum Gasteiger partial charge on any atom is -0.396 e. The van der Waals surface area contributed by atoms with Gasteiger partial charge in [0.25, 0.3) is 0 Å². The fraction of sp³-hybridized carbons (Fsp3) is 1.00. The zero-order valence-corrected chi connectivity index (χ0v) is 20.9. The fourth-order valence-electron chi connectivity index (χ4n) is 4.51. The van der Waals surface area contributed by atoms with Crippen LogP contribution in [0.4, 0.5) is 0 Å². The fourth-order valence-corrected chi connectivity index (χ4v) is 4.84. The Hall–Kier alpha value is 0.0300. The smallest absolute Gasteiger partial charge is 0.396 e. The zero-order valence-electron chi connectivity index (χ0n) is 20.0. The molecule has 30 heavy (non-hydrogen) atoms. The van der Waals surface area contributed by atoms with E-state index in [1.165, 1.54) is 25.7 Å². The predicted octanol–water partition coefficient (Wildman–Crippen LogP) is 6.23. The topological polar surface area (TPSA) is 96.2 Å². The molecular weight excluding hydrogens is 403 g/mol. The number of hydrogen-bond donors (Lipinski definition) is 3. The van der Waals surface area contributed by atoms with Crippen LogP contribution in [0.25, 0.3) is 0 Å². The van der Waals surface area contributed by atoms with Crippen molar-refractivity contribution in [3.8, 4) is 0 Å². The Morgan fingerprint density at radius 1 is 0.667 bits per heavy atom. The third kappa shape index (κ3) is 13.4. The molecule has 0 fully saturated rings. The number of hydrogen-bond acceptors (Lipinski definition) is 4. The second-order valence-electron chi connectivity index (χ2n) is 8.84. The van der Waals surface area contributed by atoms with E-state index in [9.17, 15) is 4.57 Å². The van der Waals surface area contributed by atoms with Crippen LogP contribution in [0.15, 0.2) is 0 Å². The minimum absolute atomic E-state index is 0.0906. The summed E-state index contributed by atoms with van der Waals surface area (Å²) in [5.41, 5.74) is 0.475. The summed E-state index contributed by atoms with van der Waals surface area (Å²) in [4.78, 5) is 17.7. The second-order valence-corrected chi connectivity index (χ2v) is 10.1. The van der Waals surface area contributed by atoms with Crippen LogP contribution in [0.1, 0.15) is 111 Å². The third-order valence-corrected chi connectivity index (χ3v) is 7.77. The van der Waals surface area contributed by atoms with Gasteiger partial charge in [0.1, 0.15) is 0 Å². The molecule has 7 heteroatoms. The van der Waals surface area contributed by atoms with Crippen LogP contribution in [0.3, 0.4) is 0 Å². The molecule has 0 bridgehead atoms. The summed E-state index contributed by atoms with van der Waals surface area (Å²) in [7, 11) is -4.37. The number of phosphoric acid groups is 1. The van der Waals surface area contributed by atoms with Gasteiger partial charge >= 0.3 is 7.82 Å². The lowest BCUT2D eigenvalue weighted by Gasteiger charge is -2.32. The van der Waals surface area contributed by atoms with Gasteiger partial charge in [0.05, 0.1) is 6.61 Å². The first-order valence-corrected chi connectivity index (χ1v) is 13.6. The van der Waals surface area contributed by atoms with Gasteiger partial charge in [0.2, 0.25) is 0 Å². The largest absolute Gasteiger partial charge is 0.469 e. The van der Waals surface area contributed by atoms with E-state index in [0.29, 0.717) is 18.4 Å². The Balaban J connectivity index is 3.99. The van der Waals surface area contributed by atoms with Gasteiger partial charge in [0.15, 0.2) is 0 Å². The molecule has 0 aromatic carbocycles. The Morgan fingerprint density at radius 3 is 1.50 bits per heavy atom. The molecule has 0 aromatic heterocycles. The van der Waals surface area contributed by atoms with Gasteiger partial charge < -0.3 is 19.6 Å². The highest BCUT2D eigenvalue weighted by molar-refractivity contribution is 7.46. The van der Waals surface area contributed by atoms with Crippen molar-refractivity contribution in [2.45, 2.75) is 111 Å². The Bertz CT molecular complexity index is 443. The van der Waals surface area contributed by atoms with Crippen molar-refractivity contribution in [3.63, 3.8) is 0 Å². The molecular formula is C23H49O6P. The van der Waals surface area contributed by atoms with Crippen LogP contribution in [0.2, 0.25) is 0 Å². The normalized spacial score (nSPS) is 13.2. The first-order chi connectivity index (χ1) is 14.2. The highest BCUT2D eigenvalue weighted by atomic mass is 31.2. The van der Waals surface area contributed by atoms with Crippen molar-refractivity contribution in [3.05, 3.63) is 0 Å². The molecule has 0 radical (unpaired) electrons. The monoisotopic (exact) mass is 452 g/mol. The van der Waals surface area contributed by atoms with Crippen LogP contribution in [-0.4, -0.2) is 41.3 Å². The average molecular weight is 453 g/mol. The third-order valence-electron chi connectivity index (χ3n) is 7.25. The number of phosphoric ester groups is 1. The van der Waals surface area contributed by atoms with E-state index in [4.69, 9.17) is 19.6 Å².